The van der Waals surface area contributed by atoms with Gasteiger partial charge in [0.05, 0.1) is 17.7 Å². The molecule has 0 spiro atoms. The summed E-state index contributed by atoms with van der Waals surface area (Å²) < 4.78 is 30.8. The number of likely N-dealkylation sites (N-methyl/N-ethyl adjacent to an activating group) is 1. The molecule has 2 heterocycles. The minimum Gasteiger partial charge on any atom is -0.477 e. The Morgan fingerprint density at radius 2 is 1.84 bits per heavy atom. The molecule has 9 heteroatoms. The molecule has 1 aliphatic rings. The SMILES string of the molecule is CN1CCN(c2cc3c(cc2F)c(=O)c(C(=O)O)cn3Cc2c(F)cccc2Cl)CC1. The maximum absolute atomic E-state index is 15.0. The van der Waals surface area contributed by atoms with E-state index in [2.05, 4.69) is 4.90 Å². The van der Waals surface area contributed by atoms with E-state index in [1.165, 1.54) is 28.8 Å². The van der Waals surface area contributed by atoms with Crippen LogP contribution in [0.15, 0.2) is 41.3 Å². The number of hydrogen-bond acceptors (Lipinski definition) is 4. The minimum absolute atomic E-state index is 0.0808. The first-order chi connectivity index (χ1) is 14.8. The summed E-state index contributed by atoms with van der Waals surface area (Å²) in [5.41, 5.74) is -0.536. The molecule has 0 radical (unpaired) electrons. The highest BCUT2D eigenvalue weighted by Crippen LogP contribution is 2.28. The molecule has 1 fully saturated rings. The number of piperazine rings is 1. The highest BCUT2D eigenvalue weighted by molar-refractivity contribution is 6.31. The third-order valence-corrected chi connectivity index (χ3v) is 5.97. The molecule has 0 amide bonds. The van der Waals surface area contributed by atoms with E-state index >= 15 is 0 Å². The predicted molar refractivity (Wildman–Crippen MR) is 115 cm³/mol. The quantitative estimate of drug-likeness (QED) is 0.663. The van der Waals surface area contributed by atoms with Gasteiger partial charge in [0.1, 0.15) is 17.2 Å². The topological polar surface area (TPSA) is 65.8 Å². The number of aromatic nitrogens is 1. The van der Waals surface area contributed by atoms with Crippen LogP contribution in [0.5, 0.6) is 0 Å². The molecule has 1 saturated heterocycles. The van der Waals surface area contributed by atoms with Crippen molar-refractivity contribution in [1.82, 2.24) is 9.47 Å². The van der Waals surface area contributed by atoms with Crippen LogP contribution in [0, 0.1) is 11.6 Å². The Bertz CT molecular complexity index is 1220. The molecule has 1 N–H and O–H groups in total. The molecule has 6 nitrogen and oxygen atoms in total. The van der Waals surface area contributed by atoms with Crippen molar-refractivity contribution >= 4 is 34.2 Å². The number of hydrogen-bond donors (Lipinski definition) is 1. The van der Waals surface area contributed by atoms with Gasteiger partial charge in [-0.3, -0.25) is 4.79 Å². The van der Waals surface area contributed by atoms with E-state index in [0.717, 1.165) is 25.4 Å². The summed E-state index contributed by atoms with van der Waals surface area (Å²) >= 11 is 6.15. The lowest BCUT2D eigenvalue weighted by atomic mass is 10.1. The summed E-state index contributed by atoms with van der Waals surface area (Å²) in [5, 5.41) is 9.55. The fourth-order valence-corrected chi connectivity index (χ4v) is 4.05. The number of aromatic carboxylic acids is 1. The van der Waals surface area contributed by atoms with E-state index < -0.39 is 28.6 Å². The van der Waals surface area contributed by atoms with Crippen LogP contribution in [0.4, 0.5) is 14.5 Å². The first-order valence-electron chi connectivity index (χ1n) is 9.72. The maximum atomic E-state index is 15.0. The first kappa shape index (κ1) is 21.3. The van der Waals surface area contributed by atoms with Crippen molar-refractivity contribution in [3.05, 3.63) is 74.5 Å². The minimum atomic E-state index is -1.44. The second-order valence-corrected chi connectivity index (χ2v) is 8.02. The summed E-state index contributed by atoms with van der Waals surface area (Å²) in [7, 11) is 1.98. The van der Waals surface area contributed by atoms with Crippen LogP contribution in [-0.4, -0.2) is 53.8 Å². The zero-order valence-corrected chi connectivity index (χ0v) is 17.5. The van der Waals surface area contributed by atoms with Crippen LogP contribution < -0.4 is 10.3 Å². The van der Waals surface area contributed by atoms with Gasteiger partial charge in [0.15, 0.2) is 0 Å². The second-order valence-electron chi connectivity index (χ2n) is 7.62. The first-order valence-corrected chi connectivity index (χ1v) is 10.1. The van der Waals surface area contributed by atoms with Crippen molar-refractivity contribution in [2.24, 2.45) is 0 Å². The zero-order chi connectivity index (χ0) is 22.3. The summed E-state index contributed by atoms with van der Waals surface area (Å²) in [6.45, 7) is 2.61. The van der Waals surface area contributed by atoms with E-state index in [1.54, 1.807) is 0 Å². The number of fused-ring (bicyclic) bond motifs is 1. The van der Waals surface area contributed by atoms with Gasteiger partial charge in [0.25, 0.3) is 0 Å². The van der Waals surface area contributed by atoms with Gasteiger partial charge >= 0.3 is 5.97 Å². The lowest BCUT2D eigenvalue weighted by molar-refractivity contribution is 0.0695. The van der Waals surface area contributed by atoms with Gasteiger partial charge in [0, 0.05) is 48.3 Å². The van der Waals surface area contributed by atoms with Crippen LogP contribution in [0.2, 0.25) is 5.02 Å². The molecule has 0 bridgehead atoms. The van der Waals surface area contributed by atoms with Crippen molar-refractivity contribution < 1.29 is 18.7 Å². The Hall–Kier alpha value is -2.97. The number of carbonyl (C=O) groups is 1. The molecule has 0 aliphatic carbocycles. The van der Waals surface area contributed by atoms with Gasteiger partial charge < -0.3 is 19.5 Å². The fourth-order valence-electron chi connectivity index (χ4n) is 3.83. The number of nitrogens with zero attached hydrogens (tertiary/aromatic N) is 3. The van der Waals surface area contributed by atoms with Crippen molar-refractivity contribution in [1.29, 1.82) is 0 Å². The highest BCUT2D eigenvalue weighted by Gasteiger charge is 2.22. The Morgan fingerprint density at radius 1 is 1.13 bits per heavy atom. The number of carboxylic acid groups (broad SMARTS) is 1. The summed E-state index contributed by atoms with van der Waals surface area (Å²) in [6, 6.07) is 6.83. The third-order valence-electron chi connectivity index (χ3n) is 5.61. The summed E-state index contributed by atoms with van der Waals surface area (Å²) in [4.78, 5) is 28.3. The third kappa shape index (κ3) is 4.00. The van der Waals surface area contributed by atoms with E-state index in [1.807, 2.05) is 11.9 Å². The van der Waals surface area contributed by atoms with E-state index in [9.17, 15) is 23.5 Å². The normalized spacial score (nSPS) is 14.9. The van der Waals surface area contributed by atoms with Crippen LogP contribution in [0.25, 0.3) is 10.9 Å². The summed E-state index contributed by atoms with van der Waals surface area (Å²) in [5.74, 6) is -2.60. The molecule has 1 aromatic heterocycles. The van der Waals surface area contributed by atoms with E-state index in [-0.39, 0.29) is 22.5 Å². The molecule has 31 heavy (non-hydrogen) atoms. The van der Waals surface area contributed by atoms with Crippen molar-refractivity contribution in [3.63, 3.8) is 0 Å². The Kier molecular flexibility index (Phi) is 5.68. The second kappa shape index (κ2) is 8.28. The van der Waals surface area contributed by atoms with E-state index in [0.29, 0.717) is 24.3 Å². The lowest BCUT2D eigenvalue weighted by Crippen LogP contribution is -2.44. The van der Waals surface area contributed by atoms with Crippen LogP contribution in [-0.2, 0) is 6.54 Å². The Labute approximate surface area is 181 Å². The zero-order valence-electron chi connectivity index (χ0n) is 16.7. The number of benzene rings is 2. The smallest absolute Gasteiger partial charge is 0.341 e. The molecule has 162 valence electrons. The van der Waals surface area contributed by atoms with Gasteiger partial charge in [-0.2, -0.15) is 0 Å². The van der Waals surface area contributed by atoms with Crippen LogP contribution in [0.1, 0.15) is 15.9 Å². The molecule has 4 rings (SSSR count). The molecule has 1 aliphatic heterocycles. The van der Waals surface area contributed by atoms with E-state index in [4.69, 9.17) is 11.6 Å². The molecular formula is C22H20ClF2N3O3. The molecule has 3 aromatic rings. The fraction of sp³-hybridized carbons (Fsp3) is 0.273. The van der Waals surface area contributed by atoms with Crippen LogP contribution in [0.3, 0.4) is 0 Å². The highest BCUT2D eigenvalue weighted by atomic mass is 35.5. The van der Waals surface area contributed by atoms with Crippen molar-refractivity contribution in [2.45, 2.75) is 6.54 Å². The molecule has 0 atom stereocenters. The molecule has 0 saturated carbocycles. The molecule has 0 unspecified atom stereocenters. The summed E-state index contributed by atoms with van der Waals surface area (Å²) in [6.07, 6.45) is 1.15. The van der Waals surface area contributed by atoms with Gasteiger partial charge in [-0.1, -0.05) is 17.7 Å². The van der Waals surface area contributed by atoms with Crippen molar-refractivity contribution in [3.8, 4) is 0 Å². The molecule has 2 aromatic carbocycles. The monoisotopic (exact) mass is 447 g/mol. The number of pyridine rings is 1. The standard InChI is InChI=1S/C22H20ClF2N3O3/c1-26-5-7-27(8-6-26)20-10-19-13(9-18(20)25)21(29)15(22(30)31)12-28(19)11-14-16(23)3-2-4-17(14)24/h2-4,9-10,12H,5-8,11H2,1H3,(H,30,31). The average Bonchev–Trinajstić information content (AvgIpc) is 2.72. The maximum Gasteiger partial charge on any atom is 0.341 e. The molecular weight excluding hydrogens is 428 g/mol. The number of halogens is 3. The largest absolute Gasteiger partial charge is 0.477 e. The van der Waals surface area contributed by atoms with Gasteiger partial charge in [0.2, 0.25) is 5.43 Å². The lowest BCUT2D eigenvalue weighted by Gasteiger charge is -2.34. The van der Waals surface area contributed by atoms with Gasteiger partial charge in [-0.15, -0.1) is 0 Å². The predicted octanol–water partition coefficient (Wildman–Crippen LogP) is 3.43. The van der Waals surface area contributed by atoms with Gasteiger partial charge in [-0.05, 0) is 31.3 Å². The van der Waals surface area contributed by atoms with Gasteiger partial charge in [-0.25, -0.2) is 13.6 Å². The number of anilines is 1. The average molecular weight is 448 g/mol. The van der Waals surface area contributed by atoms with Crippen LogP contribution >= 0.6 is 11.6 Å². The number of carboxylic acids is 1. The van der Waals surface area contributed by atoms with Crippen molar-refractivity contribution in [2.75, 3.05) is 38.1 Å². The Balaban J connectivity index is 1.92. The number of rotatable bonds is 4. The Morgan fingerprint density at radius 3 is 2.48 bits per heavy atom.